The molecule has 5 nitrogen and oxygen atoms in total. The first kappa shape index (κ1) is 17.7. The highest BCUT2D eigenvalue weighted by Gasteiger charge is 2.41. The Morgan fingerprint density at radius 2 is 1.92 bits per heavy atom. The van der Waals surface area contributed by atoms with Crippen LogP contribution < -0.4 is 4.90 Å². The minimum Gasteiger partial charge on any atom is -0.383 e. The minimum absolute atomic E-state index is 0.522. The van der Waals surface area contributed by atoms with Crippen LogP contribution in [0.15, 0.2) is 6.20 Å². The fourth-order valence-electron chi connectivity index (χ4n) is 4.86. The molecule has 1 aromatic heterocycles. The van der Waals surface area contributed by atoms with Gasteiger partial charge < -0.3 is 14.5 Å². The average Bonchev–Trinajstić information content (AvgIpc) is 3.35. The average molecular weight is 365 g/mol. The maximum Gasteiger partial charge on any atom is 0.185 e. The predicted octanol–water partition coefficient (Wildman–Crippen LogP) is 2.68. The zero-order chi connectivity index (χ0) is 17.1. The van der Waals surface area contributed by atoms with Crippen LogP contribution in [0.3, 0.4) is 0 Å². The Bertz CT molecular complexity index is 559. The molecule has 1 unspecified atom stereocenters. The Kier molecular flexibility index (Phi) is 5.60. The number of hydrogen-bond acceptors (Lipinski definition) is 6. The standard InChI is InChI=1S/C19H32N4OS/c1-24-12-11-21-7-4-5-19(15-21)6-10-22(16-19)14-17-13-20-18(25-17)23-8-2-3-9-23/h13H,2-12,14-16H2,1H3. The summed E-state index contributed by atoms with van der Waals surface area (Å²) in [4.78, 5) is 13.9. The third-order valence-electron chi connectivity index (χ3n) is 6.17. The first-order chi connectivity index (χ1) is 12.3. The second-order valence-corrected chi connectivity index (χ2v) is 9.23. The first-order valence-corrected chi connectivity index (χ1v) is 10.7. The summed E-state index contributed by atoms with van der Waals surface area (Å²) in [5, 5.41) is 1.24. The van der Waals surface area contributed by atoms with Gasteiger partial charge in [-0.2, -0.15) is 0 Å². The van der Waals surface area contributed by atoms with Crippen molar-refractivity contribution < 1.29 is 4.74 Å². The second kappa shape index (κ2) is 7.91. The summed E-state index contributed by atoms with van der Waals surface area (Å²) >= 11 is 1.91. The lowest BCUT2D eigenvalue weighted by Gasteiger charge is -2.40. The van der Waals surface area contributed by atoms with Crippen LogP contribution in [0.5, 0.6) is 0 Å². The van der Waals surface area contributed by atoms with Gasteiger partial charge in [0.05, 0.1) is 6.61 Å². The van der Waals surface area contributed by atoms with Crippen molar-refractivity contribution in [2.24, 2.45) is 5.41 Å². The van der Waals surface area contributed by atoms with Gasteiger partial charge in [0.25, 0.3) is 0 Å². The van der Waals surface area contributed by atoms with Gasteiger partial charge in [-0.25, -0.2) is 4.98 Å². The van der Waals surface area contributed by atoms with Crippen molar-refractivity contribution in [3.8, 4) is 0 Å². The van der Waals surface area contributed by atoms with Crippen LogP contribution in [0, 0.1) is 5.41 Å². The van der Waals surface area contributed by atoms with Crippen LogP contribution in [0.2, 0.25) is 0 Å². The van der Waals surface area contributed by atoms with Gasteiger partial charge in [0.15, 0.2) is 5.13 Å². The summed E-state index contributed by atoms with van der Waals surface area (Å²) in [7, 11) is 1.81. The zero-order valence-corrected chi connectivity index (χ0v) is 16.4. The van der Waals surface area contributed by atoms with Crippen molar-refractivity contribution >= 4 is 16.5 Å². The summed E-state index contributed by atoms with van der Waals surface area (Å²) in [6, 6.07) is 0. The van der Waals surface area contributed by atoms with Crippen LogP contribution in [0.4, 0.5) is 5.13 Å². The molecule has 6 heteroatoms. The number of thiazole rings is 1. The first-order valence-electron chi connectivity index (χ1n) is 9.90. The highest BCUT2D eigenvalue weighted by Crippen LogP contribution is 2.40. The van der Waals surface area contributed by atoms with Crippen molar-refractivity contribution in [1.82, 2.24) is 14.8 Å². The van der Waals surface area contributed by atoms with E-state index in [0.717, 1.165) is 19.7 Å². The molecule has 4 rings (SSSR count). The van der Waals surface area contributed by atoms with Gasteiger partial charge in [0, 0.05) is 57.5 Å². The Labute approximate surface area is 156 Å². The molecule has 1 atom stereocenters. The lowest BCUT2D eigenvalue weighted by Crippen LogP contribution is -2.45. The van der Waals surface area contributed by atoms with E-state index < -0.39 is 0 Å². The SMILES string of the molecule is COCCN1CCCC2(CCN(Cc3cnc(N4CCCC4)s3)C2)C1. The summed E-state index contributed by atoms with van der Waals surface area (Å²) < 4.78 is 5.28. The molecule has 0 N–H and O–H groups in total. The van der Waals surface area contributed by atoms with E-state index in [-0.39, 0.29) is 0 Å². The molecule has 140 valence electrons. The molecule has 0 bridgehead atoms. The Morgan fingerprint density at radius 3 is 2.76 bits per heavy atom. The molecule has 25 heavy (non-hydrogen) atoms. The number of piperidine rings is 1. The minimum atomic E-state index is 0.522. The number of methoxy groups -OCH3 is 1. The van der Waals surface area contributed by atoms with E-state index in [4.69, 9.17) is 4.74 Å². The number of hydrogen-bond donors (Lipinski definition) is 0. The predicted molar refractivity (Wildman–Crippen MR) is 103 cm³/mol. The van der Waals surface area contributed by atoms with E-state index in [1.807, 2.05) is 18.4 Å². The highest BCUT2D eigenvalue weighted by molar-refractivity contribution is 7.15. The van der Waals surface area contributed by atoms with Crippen molar-refractivity contribution in [3.63, 3.8) is 0 Å². The maximum atomic E-state index is 5.28. The van der Waals surface area contributed by atoms with Gasteiger partial charge >= 0.3 is 0 Å². The van der Waals surface area contributed by atoms with E-state index in [1.165, 1.54) is 81.4 Å². The fraction of sp³-hybridized carbons (Fsp3) is 0.842. The summed E-state index contributed by atoms with van der Waals surface area (Å²) in [5.74, 6) is 0. The molecule has 0 amide bonds. The van der Waals surface area contributed by atoms with Gasteiger partial charge in [-0.15, -0.1) is 11.3 Å². The molecule has 1 aromatic rings. The monoisotopic (exact) mass is 364 g/mol. The number of nitrogens with zero attached hydrogens (tertiary/aromatic N) is 4. The molecule has 3 aliphatic rings. The third-order valence-corrected chi connectivity index (χ3v) is 7.21. The molecular weight excluding hydrogens is 332 g/mol. The lowest BCUT2D eigenvalue weighted by atomic mass is 9.79. The van der Waals surface area contributed by atoms with Crippen molar-refractivity contribution in [2.75, 3.05) is 64.4 Å². The van der Waals surface area contributed by atoms with Crippen molar-refractivity contribution in [3.05, 3.63) is 11.1 Å². The van der Waals surface area contributed by atoms with Gasteiger partial charge in [-0.1, -0.05) is 0 Å². The van der Waals surface area contributed by atoms with Gasteiger partial charge in [-0.3, -0.25) is 4.90 Å². The summed E-state index contributed by atoms with van der Waals surface area (Å²) in [6.45, 7) is 10.4. The van der Waals surface area contributed by atoms with Crippen molar-refractivity contribution in [2.45, 2.75) is 38.6 Å². The van der Waals surface area contributed by atoms with Gasteiger partial charge in [0.2, 0.25) is 0 Å². The molecule has 3 saturated heterocycles. The molecule has 1 spiro atoms. The van der Waals surface area contributed by atoms with Gasteiger partial charge in [0.1, 0.15) is 0 Å². The number of likely N-dealkylation sites (tertiary alicyclic amines) is 2. The van der Waals surface area contributed by atoms with E-state index in [9.17, 15) is 0 Å². The van der Waals surface area contributed by atoms with E-state index in [2.05, 4.69) is 25.9 Å². The maximum absolute atomic E-state index is 5.28. The largest absolute Gasteiger partial charge is 0.383 e. The zero-order valence-electron chi connectivity index (χ0n) is 15.6. The van der Waals surface area contributed by atoms with Crippen LogP contribution in [-0.4, -0.2) is 74.3 Å². The van der Waals surface area contributed by atoms with Crippen LogP contribution in [-0.2, 0) is 11.3 Å². The molecule has 3 aliphatic heterocycles. The molecule has 0 radical (unpaired) electrons. The number of ether oxygens (including phenoxy) is 1. The number of anilines is 1. The van der Waals surface area contributed by atoms with E-state index >= 15 is 0 Å². The molecule has 0 aliphatic carbocycles. The smallest absolute Gasteiger partial charge is 0.185 e. The quantitative estimate of drug-likeness (QED) is 0.775. The summed E-state index contributed by atoms with van der Waals surface area (Å²) in [5.41, 5.74) is 0.522. The van der Waals surface area contributed by atoms with Crippen LogP contribution in [0.25, 0.3) is 0 Å². The van der Waals surface area contributed by atoms with E-state index in [1.54, 1.807) is 0 Å². The lowest BCUT2D eigenvalue weighted by molar-refractivity contribution is 0.0674. The van der Waals surface area contributed by atoms with Crippen molar-refractivity contribution in [1.29, 1.82) is 0 Å². The molecular formula is C19H32N4OS. The number of aromatic nitrogens is 1. The third kappa shape index (κ3) is 4.18. The number of rotatable bonds is 6. The summed E-state index contributed by atoms with van der Waals surface area (Å²) in [6.07, 6.45) is 8.86. The Balaban J connectivity index is 1.31. The van der Waals surface area contributed by atoms with E-state index in [0.29, 0.717) is 5.41 Å². The normalized spacial score (nSPS) is 28.4. The molecule has 4 heterocycles. The van der Waals surface area contributed by atoms with Gasteiger partial charge in [-0.05, 0) is 50.6 Å². The Morgan fingerprint density at radius 1 is 1.08 bits per heavy atom. The Hall–Kier alpha value is -0.690. The fourth-order valence-corrected chi connectivity index (χ4v) is 5.87. The molecule has 0 saturated carbocycles. The highest BCUT2D eigenvalue weighted by atomic mass is 32.1. The second-order valence-electron chi connectivity index (χ2n) is 8.14. The topological polar surface area (TPSA) is 31.8 Å². The molecule has 3 fully saturated rings. The van der Waals surface area contributed by atoms with Crippen LogP contribution >= 0.6 is 11.3 Å². The van der Waals surface area contributed by atoms with Crippen LogP contribution in [0.1, 0.15) is 37.0 Å². The molecule has 0 aromatic carbocycles.